The Morgan fingerprint density at radius 3 is 2.83 bits per heavy atom. The number of hydrogen-bond donors (Lipinski definition) is 2. The molecule has 9 heteroatoms. The van der Waals surface area contributed by atoms with Crippen molar-refractivity contribution in [1.29, 1.82) is 0 Å². The summed E-state index contributed by atoms with van der Waals surface area (Å²) < 4.78 is 27.3. The standard InChI is InChI=1S/C20H31N5O3S/c1-14-9-15(12-29(27,28)25-8-6-16(10-25)11-26)3-4-18(14)24(2)20-17-5-7-21-19(17)22-13-23-20/h5,7,13-16,18,26H,3-4,6,8-12H2,1-2H3,(H,21,22,23)/t14-,15?,16?,18?/m0/s1. The Labute approximate surface area is 172 Å². The summed E-state index contributed by atoms with van der Waals surface area (Å²) in [7, 11) is -1.18. The van der Waals surface area contributed by atoms with Crippen molar-refractivity contribution < 1.29 is 13.5 Å². The Hall–Kier alpha value is -1.71. The first kappa shape index (κ1) is 20.6. The molecule has 29 heavy (non-hydrogen) atoms. The maximum absolute atomic E-state index is 12.8. The maximum Gasteiger partial charge on any atom is 0.214 e. The van der Waals surface area contributed by atoms with Crippen LogP contribution in [0.3, 0.4) is 0 Å². The van der Waals surface area contributed by atoms with Crippen molar-refractivity contribution in [3.8, 4) is 0 Å². The number of fused-ring (bicyclic) bond motifs is 1. The van der Waals surface area contributed by atoms with Crippen molar-refractivity contribution in [1.82, 2.24) is 19.3 Å². The van der Waals surface area contributed by atoms with Gasteiger partial charge in [-0.3, -0.25) is 0 Å². The van der Waals surface area contributed by atoms with E-state index in [2.05, 4.69) is 33.8 Å². The molecule has 4 rings (SSSR count). The number of aliphatic hydroxyl groups excluding tert-OH is 1. The molecule has 0 aromatic carbocycles. The fraction of sp³-hybridized carbons (Fsp3) is 0.700. The average molecular weight is 422 g/mol. The van der Waals surface area contributed by atoms with Crippen LogP contribution in [0.5, 0.6) is 0 Å². The van der Waals surface area contributed by atoms with E-state index in [1.54, 1.807) is 10.6 Å². The van der Waals surface area contributed by atoms with Gasteiger partial charge >= 0.3 is 0 Å². The van der Waals surface area contributed by atoms with Crippen molar-refractivity contribution in [2.24, 2.45) is 17.8 Å². The summed E-state index contributed by atoms with van der Waals surface area (Å²) in [6.07, 6.45) is 6.97. The fourth-order valence-electron chi connectivity index (χ4n) is 5.12. The molecule has 2 aromatic heterocycles. The molecule has 0 radical (unpaired) electrons. The Bertz CT molecular complexity index is 946. The van der Waals surface area contributed by atoms with E-state index < -0.39 is 10.0 Å². The average Bonchev–Trinajstić information content (AvgIpc) is 3.36. The molecule has 3 unspecified atom stereocenters. The van der Waals surface area contributed by atoms with E-state index in [4.69, 9.17) is 0 Å². The monoisotopic (exact) mass is 421 g/mol. The van der Waals surface area contributed by atoms with Gasteiger partial charge in [-0.05, 0) is 49.5 Å². The molecule has 2 aliphatic rings. The highest BCUT2D eigenvalue weighted by Crippen LogP contribution is 2.36. The van der Waals surface area contributed by atoms with E-state index in [0.717, 1.165) is 42.5 Å². The van der Waals surface area contributed by atoms with Gasteiger partial charge in [0.05, 0.1) is 11.1 Å². The van der Waals surface area contributed by atoms with Crippen LogP contribution in [0, 0.1) is 17.8 Å². The van der Waals surface area contributed by atoms with Gasteiger partial charge in [-0.25, -0.2) is 22.7 Å². The van der Waals surface area contributed by atoms with E-state index in [0.29, 0.717) is 25.0 Å². The van der Waals surface area contributed by atoms with Crippen molar-refractivity contribution >= 4 is 26.9 Å². The van der Waals surface area contributed by atoms with Crippen LogP contribution >= 0.6 is 0 Å². The molecular formula is C20H31N5O3S. The van der Waals surface area contributed by atoms with Crippen LogP contribution in [-0.2, 0) is 10.0 Å². The van der Waals surface area contributed by atoms with E-state index in [-0.39, 0.29) is 24.2 Å². The minimum Gasteiger partial charge on any atom is -0.396 e. The quantitative estimate of drug-likeness (QED) is 0.738. The molecule has 3 heterocycles. The number of aromatic amines is 1. The number of H-pyrrole nitrogens is 1. The van der Waals surface area contributed by atoms with Crippen molar-refractivity contribution in [3.63, 3.8) is 0 Å². The molecule has 160 valence electrons. The highest BCUT2D eigenvalue weighted by atomic mass is 32.2. The van der Waals surface area contributed by atoms with Gasteiger partial charge < -0.3 is 15.0 Å². The second-order valence-electron chi connectivity index (χ2n) is 8.75. The Morgan fingerprint density at radius 1 is 1.28 bits per heavy atom. The fourth-order valence-corrected chi connectivity index (χ4v) is 7.05. The highest BCUT2D eigenvalue weighted by molar-refractivity contribution is 7.89. The number of aliphatic hydroxyl groups is 1. The first-order valence-corrected chi connectivity index (χ1v) is 12.1. The first-order valence-electron chi connectivity index (χ1n) is 10.5. The van der Waals surface area contributed by atoms with E-state index in [1.807, 2.05) is 12.3 Å². The van der Waals surface area contributed by atoms with Crippen LogP contribution in [0.25, 0.3) is 11.0 Å². The minimum absolute atomic E-state index is 0.0674. The molecular weight excluding hydrogens is 390 g/mol. The van der Waals surface area contributed by atoms with E-state index in [1.165, 1.54) is 0 Å². The molecule has 8 nitrogen and oxygen atoms in total. The predicted octanol–water partition coefficient (Wildman–Crippen LogP) is 1.84. The Kier molecular flexibility index (Phi) is 5.81. The summed E-state index contributed by atoms with van der Waals surface area (Å²) in [6.45, 7) is 3.29. The zero-order valence-corrected chi connectivity index (χ0v) is 18.0. The Morgan fingerprint density at radius 2 is 2.10 bits per heavy atom. The predicted molar refractivity (Wildman–Crippen MR) is 113 cm³/mol. The lowest BCUT2D eigenvalue weighted by Gasteiger charge is -2.40. The molecule has 0 spiro atoms. The van der Waals surface area contributed by atoms with Crippen LogP contribution in [0.4, 0.5) is 5.82 Å². The smallest absolute Gasteiger partial charge is 0.214 e. The third-order valence-electron chi connectivity index (χ3n) is 6.74. The normalized spacial score (nSPS) is 28.8. The Balaban J connectivity index is 1.40. The van der Waals surface area contributed by atoms with Crippen molar-refractivity contribution in [2.45, 2.75) is 38.6 Å². The molecule has 0 bridgehead atoms. The van der Waals surface area contributed by atoms with Gasteiger partial charge in [0.2, 0.25) is 10.0 Å². The second kappa shape index (κ2) is 8.20. The first-order chi connectivity index (χ1) is 13.9. The number of nitrogens with zero attached hydrogens (tertiary/aromatic N) is 4. The van der Waals surface area contributed by atoms with E-state index in [9.17, 15) is 13.5 Å². The number of nitrogens with one attached hydrogen (secondary N) is 1. The minimum atomic E-state index is -3.25. The zero-order valence-electron chi connectivity index (χ0n) is 17.2. The maximum atomic E-state index is 12.8. The van der Waals surface area contributed by atoms with Crippen LogP contribution in [0.1, 0.15) is 32.6 Å². The van der Waals surface area contributed by atoms with Crippen LogP contribution in [0.15, 0.2) is 18.6 Å². The number of anilines is 1. The molecule has 1 aliphatic heterocycles. The lowest BCUT2D eigenvalue weighted by molar-refractivity contribution is 0.232. The highest BCUT2D eigenvalue weighted by Gasteiger charge is 2.37. The molecule has 0 amide bonds. The molecule has 1 aliphatic carbocycles. The van der Waals surface area contributed by atoms with Gasteiger partial charge in [0.1, 0.15) is 17.8 Å². The van der Waals surface area contributed by atoms with Gasteiger partial charge in [-0.1, -0.05) is 6.92 Å². The summed E-state index contributed by atoms with van der Waals surface area (Å²) in [6, 6.07) is 2.33. The van der Waals surface area contributed by atoms with Crippen molar-refractivity contribution in [3.05, 3.63) is 18.6 Å². The number of rotatable bonds is 6. The van der Waals surface area contributed by atoms with Gasteiger partial charge in [-0.15, -0.1) is 0 Å². The summed E-state index contributed by atoms with van der Waals surface area (Å²) in [5.74, 6) is 1.80. The molecule has 1 saturated carbocycles. The van der Waals surface area contributed by atoms with Crippen molar-refractivity contribution in [2.75, 3.05) is 37.4 Å². The molecule has 2 N–H and O–H groups in total. The third-order valence-corrected chi connectivity index (χ3v) is 8.75. The van der Waals surface area contributed by atoms with Gasteiger partial charge in [0, 0.05) is 39.0 Å². The van der Waals surface area contributed by atoms with Gasteiger partial charge in [-0.2, -0.15) is 0 Å². The van der Waals surface area contributed by atoms with Gasteiger partial charge in [0.15, 0.2) is 0 Å². The molecule has 2 fully saturated rings. The summed E-state index contributed by atoms with van der Waals surface area (Å²) in [4.78, 5) is 14.1. The van der Waals surface area contributed by atoms with Crippen LogP contribution < -0.4 is 4.90 Å². The van der Waals surface area contributed by atoms with Gasteiger partial charge in [0.25, 0.3) is 0 Å². The number of aromatic nitrogens is 3. The molecule has 1 saturated heterocycles. The lowest BCUT2D eigenvalue weighted by atomic mass is 9.79. The lowest BCUT2D eigenvalue weighted by Crippen LogP contribution is -2.43. The zero-order chi connectivity index (χ0) is 20.6. The van der Waals surface area contributed by atoms with E-state index >= 15 is 0 Å². The second-order valence-corrected chi connectivity index (χ2v) is 10.8. The molecule has 2 aromatic rings. The summed E-state index contributed by atoms with van der Waals surface area (Å²) in [5, 5.41) is 10.3. The SMILES string of the molecule is C[C@H]1CC(CS(=O)(=O)N2CCC(CO)C2)CCC1N(C)c1ncnc2[nH]ccc12. The molecule has 4 atom stereocenters. The summed E-state index contributed by atoms with van der Waals surface area (Å²) >= 11 is 0. The van der Waals surface area contributed by atoms with Crippen LogP contribution in [-0.4, -0.2) is 71.3 Å². The third kappa shape index (κ3) is 4.13. The summed E-state index contributed by atoms with van der Waals surface area (Å²) in [5.41, 5.74) is 0.834. The topological polar surface area (TPSA) is 102 Å². The number of sulfonamides is 1. The largest absolute Gasteiger partial charge is 0.396 e. The number of hydrogen-bond acceptors (Lipinski definition) is 6. The van der Waals surface area contributed by atoms with Crippen LogP contribution in [0.2, 0.25) is 0 Å².